The molecule has 0 aliphatic carbocycles. The molecule has 1 aromatic rings. The first kappa shape index (κ1) is 14.4. The molecule has 0 radical (unpaired) electrons. The minimum absolute atomic E-state index is 0. The van der Waals surface area contributed by atoms with E-state index >= 15 is 0 Å². The van der Waals surface area contributed by atoms with E-state index in [4.69, 9.17) is 0 Å². The Morgan fingerprint density at radius 2 is 2.00 bits per heavy atom. The van der Waals surface area contributed by atoms with Crippen molar-refractivity contribution < 1.29 is 9.72 Å². The molecule has 1 fully saturated rings. The van der Waals surface area contributed by atoms with E-state index in [1.54, 1.807) is 12.1 Å². The minimum Gasteiger partial charge on any atom is -0.369 e. The normalized spacial score (nSPS) is 14.8. The highest BCUT2D eigenvalue weighted by Gasteiger charge is 2.17. The quantitative estimate of drug-likeness (QED) is 0.508. The van der Waals surface area contributed by atoms with Gasteiger partial charge in [-0.15, -0.1) is 12.4 Å². The first-order valence-corrected chi connectivity index (χ1v) is 5.41. The Morgan fingerprint density at radius 3 is 2.56 bits per heavy atom. The third-order valence-corrected chi connectivity index (χ3v) is 2.82. The van der Waals surface area contributed by atoms with Crippen LogP contribution in [0.15, 0.2) is 18.2 Å². The molecule has 7 heteroatoms. The van der Waals surface area contributed by atoms with Gasteiger partial charge < -0.3 is 10.2 Å². The molecule has 1 aliphatic heterocycles. The molecule has 2 rings (SSSR count). The van der Waals surface area contributed by atoms with Gasteiger partial charge in [0.05, 0.1) is 10.5 Å². The van der Waals surface area contributed by atoms with Crippen LogP contribution in [0, 0.1) is 10.1 Å². The summed E-state index contributed by atoms with van der Waals surface area (Å²) < 4.78 is 0. The number of hydrogen-bond donors (Lipinski definition) is 1. The summed E-state index contributed by atoms with van der Waals surface area (Å²) in [6.45, 7) is 3.45. The van der Waals surface area contributed by atoms with Crippen molar-refractivity contribution in [1.82, 2.24) is 5.32 Å². The maximum atomic E-state index is 10.8. The number of aldehydes is 1. The fourth-order valence-electron chi connectivity index (χ4n) is 1.92. The Bertz CT molecular complexity index is 447. The van der Waals surface area contributed by atoms with E-state index in [0.717, 1.165) is 31.9 Å². The van der Waals surface area contributed by atoms with Crippen molar-refractivity contribution in [3.8, 4) is 0 Å². The zero-order valence-corrected chi connectivity index (χ0v) is 10.5. The Balaban J connectivity index is 0.00000162. The van der Waals surface area contributed by atoms with E-state index < -0.39 is 4.92 Å². The molecule has 1 saturated heterocycles. The summed E-state index contributed by atoms with van der Waals surface area (Å²) in [6.07, 6.45) is 0.532. The zero-order valence-electron chi connectivity index (χ0n) is 9.67. The Labute approximate surface area is 111 Å². The van der Waals surface area contributed by atoms with Gasteiger partial charge in [-0.3, -0.25) is 14.9 Å². The molecule has 0 bridgehead atoms. The summed E-state index contributed by atoms with van der Waals surface area (Å²) in [6, 6.07) is 4.66. The predicted octanol–water partition coefficient (Wildman–Crippen LogP) is 1.24. The Hall–Kier alpha value is -1.66. The first-order chi connectivity index (χ1) is 8.22. The molecule has 98 valence electrons. The van der Waals surface area contributed by atoms with Gasteiger partial charge >= 0.3 is 0 Å². The number of nitro benzene ring substituents is 1. The Morgan fingerprint density at radius 1 is 1.33 bits per heavy atom. The molecule has 6 nitrogen and oxygen atoms in total. The number of anilines is 1. The van der Waals surface area contributed by atoms with Crippen LogP contribution in [0.5, 0.6) is 0 Å². The number of nitrogens with zero attached hydrogens (tertiary/aromatic N) is 2. The number of piperazine rings is 1. The van der Waals surface area contributed by atoms with E-state index in [2.05, 4.69) is 10.2 Å². The van der Waals surface area contributed by atoms with Crippen LogP contribution in [0.3, 0.4) is 0 Å². The topological polar surface area (TPSA) is 75.5 Å². The highest BCUT2D eigenvalue weighted by Crippen LogP contribution is 2.23. The summed E-state index contributed by atoms with van der Waals surface area (Å²) in [7, 11) is 0. The minimum atomic E-state index is -0.536. The molecule has 0 spiro atoms. The van der Waals surface area contributed by atoms with Gasteiger partial charge in [-0.25, -0.2) is 0 Å². The molecule has 18 heavy (non-hydrogen) atoms. The fourth-order valence-corrected chi connectivity index (χ4v) is 1.92. The third-order valence-electron chi connectivity index (χ3n) is 2.82. The van der Waals surface area contributed by atoms with Crippen molar-refractivity contribution >= 4 is 30.1 Å². The number of nitro groups is 1. The highest BCUT2D eigenvalue weighted by molar-refractivity contribution is 5.85. The molecule has 0 aromatic heterocycles. The van der Waals surface area contributed by atoms with Crippen LogP contribution in [0.2, 0.25) is 0 Å². The van der Waals surface area contributed by atoms with Gasteiger partial charge in [-0.05, 0) is 12.1 Å². The number of carbonyl (C=O) groups excluding carboxylic acids is 1. The van der Waals surface area contributed by atoms with Crippen molar-refractivity contribution in [2.45, 2.75) is 0 Å². The van der Waals surface area contributed by atoms with Crippen molar-refractivity contribution in [1.29, 1.82) is 0 Å². The lowest BCUT2D eigenvalue weighted by molar-refractivity contribution is -0.385. The lowest BCUT2D eigenvalue weighted by atomic mass is 10.1. The molecule has 1 aliphatic rings. The van der Waals surface area contributed by atoms with E-state index in [-0.39, 0.29) is 23.7 Å². The smallest absolute Gasteiger partial charge is 0.280 e. The second kappa shape index (κ2) is 6.32. The SMILES string of the molecule is Cl.O=Cc1cc(N2CCNCC2)ccc1[N+](=O)[O-]. The van der Waals surface area contributed by atoms with Crippen molar-refractivity contribution in [2.75, 3.05) is 31.1 Å². The van der Waals surface area contributed by atoms with Gasteiger partial charge in [0.2, 0.25) is 0 Å². The fraction of sp³-hybridized carbons (Fsp3) is 0.364. The number of halogens is 1. The standard InChI is InChI=1S/C11H13N3O3.ClH/c15-8-9-7-10(1-2-11(9)14(16)17)13-5-3-12-4-6-13;/h1-2,7-8,12H,3-6H2;1H. The molecular formula is C11H14ClN3O3. The molecule has 1 N–H and O–H groups in total. The average Bonchev–Trinajstić information content (AvgIpc) is 2.39. The Kier molecular flexibility index (Phi) is 5.06. The van der Waals surface area contributed by atoms with Gasteiger partial charge in [0, 0.05) is 37.9 Å². The number of carbonyl (C=O) groups is 1. The number of rotatable bonds is 3. The number of hydrogen-bond acceptors (Lipinski definition) is 5. The summed E-state index contributed by atoms with van der Waals surface area (Å²) in [5.41, 5.74) is 0.851. The van der Waals surface area contributed by atoms with Crippen LogP contribution in [0.25, 0.3) is 0 Å². The molecule has 0 saturated carbocycles. The predicted molar refractivity (Wildman–Crippen MR) is 70.8 cm³/mol. The highest BCUT2D eigenvalue weighted by atomic mass is 35.5. The van der Waals surface area contributed by atoms with Crippen molar-refractivity contribution in [3.05, 3.63) is 33.9 Å². The maximum Gasteiger partial charge on any atom is 0.280 e. The van der Waals surface area contributed by atoms with Crippen LogP contribution in [-0.2, 0) is 0 Å². The van der Waals surface area contributed by atoms with Crippen molar-refractivity contribution in [2.24, 2.45) is 0 Å². The summed E-state index contributed by atoms with van der Waals surface area (Å²) in [5.74, 6) is 0. The largest absolute Gasteiger partial charge is 0.369 e. The van der Waals surface area contributed by atoms with Gasteiger partial charge in [0.25, 0.3) is 5.69 Å². The second-order valence-corrected chi connectivity index (χ2v) is 3.86. The van der Waals surface area contributed by atoms with Crippen LogP contribution >= 0.6 is 12.4 Å². The van der Waals surface area contributed by atoms with Crippen molar-refractivity contribution in [3.63, 3.8) is 0 Å². The summed E-state index contributed by atoms with van der Waals surface area (Å²) in [5, 5.41) is 13.9. The first-order valence-electron chi connectivity index (χ1n) is 5.41. The lowest BCUT2D eigenvalue weighted by Gasteiger charge is -2.29. The van der Waals surface area contributed by atoms with E-state index in [1.807, 2.05) is 0 Å². The van der Waals surface area contributed by atoms with Crippen LogP contribution in [-0.4, -0.2) is 37.4 Å². The number of nitrogens with one attached hydrogen (secondary N) is 1. The average molecular weight is 272 g/mol. The molecule has 0 unspecified atom stereocenters. The molecule has 1 heterocycles. The van der Waals surface area contributed by atoms with Gasteiger partial charge in [-0.1, -0.05) is 0 Å². The monoisotopic (exact) mass is 271 g/mol. The summed E-state index contributed by atoms with van der Waals surface area (Å²) >= 11 is 0. The van der Waals surface area contributed by atoms with Crippen LogP contribution in [0.1, 0.15) is 10.4 Å². The molecule has 1 aromatic carbocycles. The third kappa shape index (κ3) is 2.96. The molecule has 0 atom stereocenters. The van der Waals surface area contributed by atoms with Gasteiger partial charge in [-0.2, -0.15) is 0 Å². The van der Waals surface area contributed by atoms with Crippen LogP contribution in [0.4, 0.5) is 11.4 Å². The van der Waals surface area contributed by atoms with E-state index in [9.17, 15) is 14.9 Å². The molecule has 0 amide bonds. The number of benzene rings is 1. The summed E-state index contributed by atoms with van der Waals surface area (Å²) in [4.78, 5) is 23.1. The lowest BCUT2D eigenvalue weighted by Crippen LogP contribution is -2.43. The maximum absolute atomic E-state index is 10.8. The second-order valence-electron chi connectivity index (χ2n) is 3.86. The van der Waals surface area contributed by atoms with Gasteiger partial charge in [0.1, 0.15) is 0 Å². The van der Waals surface area contributed by atoms with E-state index in [1.165, 1.54) is 6.07 Å². The molecular weight excluding hydrogens is 258 g/mol. The van der Waals surface area contributed by atoms with Gasteiger partial charge in [0.15, 0.2) is 6.29 Å². The van der Waals surface area contributed by atoms with E-state index in [0.29, 0.717) is 6.29 Å². The zero-order chi connectivity index (χ0) is 12.3. The van der Waals surface area contributed by atoms with Crippen LogP contribution < -0.4 is 10.2 Å².